The molecule has 0 heterocycles. The van der Waals surface area contributed by atoms with Gasteiger partial charge < -0.3 is 15.7 Å². The molecule has 0 aliphatic carbocycles. The van der Waals surface area contributed by atoms with Crippen LogP contribution < -0.4 is 10.6 Å². The normalized spacial score (nSPS) is 12.3. The molecular weight excluding hydrogens is 192 g/mol. The van der Waals surface area contributed by atoms with Crippen LogP contribution in [-0.2, 0) is 4.79 Å². The molecule has 0 aliphatic heterocycles. The number of amides is 1. The van der Waals surface area contributed by atoms with Crippen LogP contribution >= 0.6 is 0 Å². The van der Waals surface area contributed by atoms with Crippen molar-refractivity contribution in [3.63, 3.8) is 0 Å². The maximum absolute atomic E-state index is 11.7. The van der Waals surface area contributed by atoms with Crippen molar-refractivity contribution in [2.45, 2.75) is 13.0 Å². The van der Waals surface area contributed by atoms with Crippen LogP contribution in [0.5, 0.6) is 0 Å². The van der Waals surface area contributed by atoms with E-state index in [0.717, 1.165) is 11.3 Å². The number of aliphatic hydroxyl groups excluding tert-OH is 1. The minimum absolute atomic E-state index is 0.285. The Morgan fingerprint density at radius 1 is 1.53 bits per heavy atom. The first-order valence-corrected chi connectivity index (χ1v) is 4.77. The summed E-state index contributed by atoms with van der Waals surface area (Å²) in [6.07, 6.45) is 0. The number of rotatable bonds is 3. The molecule has 0 fully saturated rings. The van der Waals surface area contributed by atoms with Crippen LogP contribution in [0.2, 0.25) is 0 Å². The number of carbonyl (C=O) groups excluding carboxylic acids is 1. The van der Waals surface area contributed by atoms with Crippen LogP contribution in [0.25, 0.3) is 0 Å². The summed E-state index contributed by atoms with van der Waals surface area (Å²) in [6.45, 7) is 1.58. The molecule has 15 heavy (non-hydrogen) atoms. The molecule has 1 amide bonds. The van der Waals surface area contributed by atoms with Gasteiger partial charge in [0.2, 0.25) is 5.91 Å². The number of hydrogen-bond donors (Lipinski definition) is 2. The van der Waals surface area contributed by atoms with Gasteiger partial charge in [-0.15, -0.1) is 0 Å². The summed E-state index contributed by atoms with van der Waals surface area (Å²) >= 11 is 0. The van der Waals surface area contributed by atoms with Crippen molar-refractivity contribution in [2.75, 3.05) is 18.6 Å². The van der Waals surface area contributed by atoms with Gasteiger partial charge in [-0.25, -0.2) is 0 Å². The van der Waals surface area contributed by atoms with E-state index in [0.29, 0.717) is 0 Å². The summed E-state index contributed by atoms with van der Waals surface area (Å²) in [4.78, 5) is 13.1. The Labute approximate surface area is 89.3 Å². The van der Waals surface area contributed by atoms with Gasteiger partial charge in [0.15, 0.2) is 0 Å². The molecule has 0 aromatic heterocycles. The summed E-state index contributed by atoms with van der Waals surface area (Å²) in [5.41, 5.74) is 7.27. The Balaban J connectivity index is 2.90. The lowest BCUT2D eigenvalue weighted by Gasteiger charge is -2.21. The summed E-state index contributed by atoms with van der Waals surface area (Å²) in [5, 5.41) is 8.80. The molecule has 4 nitrogen and oxygen atoms in total. The molecule has 0 aliphatic rings. The van der Waals surface area contributed by atoms with Crippen LogP contribution in [0.3, 0.4) is 0 Å². The fourth-order valence-electron chi connectivity index (χ4n) is 1.39. The predicted molar refractivity (Wildman–Crippen MR) is 59.7 cm³/mol. The minimum Gasteiger partial charge on any atom is -0.394 e. The fourth-order valence-corrected chi connectivity index (χ4v) is 1.39. The van der Waals surface area contributed by atoms with Gasteiger partial charge in [-0.1, -0.05) is 18.2 Å². The number of anilines is 1. The number of para-hydroxylation sites is 1. The molecule has 82 valence electrons. The molecule has 0 saturated carbocycles. The van der Waals surface area contributed by atoms with Crippen molar-refractivity contribution in [1.82, 2.24) is 0 Å². The van der Waals surface area contributed by atoms with Gasteiger partial charge in [0.05, 0.1) is 6.61 Å². The lowest BCUT2D eigenvalue weighted by Crippen LogP contribution is -2.44. The highest BCUT2D eigenvalue weighted by Gasteiger charge is 2.18. The summed E-state index contributed by atoms with van der Waals surface area (Å²) < 4.78 is 0. The van der Waals surface area contributed by atoms with Crippen molar-refractivity contribution < 1.29 is 9.90 Å². The van der Waals surface area contributed by atoms with E-state index in [-0.39, 0.29) is 12.5 Å². The lowest BCUT2D eigenvalue weighted by atomic mass is 10.1. The molecule has 1 unspecified atom stereocenters. The number of nitrogens with zero attached hydrogens (tertiary/aromatic N) is 1. The third-order valence-electron chi connectivity index (χ3n) is 2.32. The van der Waals surface area contributed by atoms with Crippen molar-refractivity contribution >= 4 is 11.6 Å². The molecule has 0 radical (unpaired) electrons. The molecule has 0 spiro atoms. The zero-order chi connectivity index (χ0) is 11.4. The van der Waals surface area contributed by atoms with Crippen LogP contribution in [0.1, 0.15) is 5.56 Å². The first-order valence-electron chi connectivity index (χ1n) is 4.77. The maximum Gasteiger partial charge on any atom is 0.246 e. The molecule has 3 N–H and O–H groups in total. The van der Waals surface area contributed by atoms with Crippen LogP contribution in [0.4, 0.5) is 5.69 Å². The van der Waals surface area contributed by atoms with E-state index >= 15 is 0 Å². The van der Waals surface area contributed by atoms with E-state index in [9.17, 15) is 4.79 Å². The van der Waals surface area contributed by atoms with Crippen molar-refractivity contribution in [2.24, 2.45) is 5.73 Å². The lowest BCUT2D eigenvalue weighted by molar-refractivity contribution is -0.120. The minimum atomic E-state index is -0.852. The van der Waals surface area contributed by atoms with E-state index in [4.69, 9.17) is 10.8 Å². The highest BCUT2D eigenvalue weighted by atomic mass is 16.3. The topological polar surface area (TPSA) is 66.6 Å². The third-order valence-corrected chi connectivity index (χ3v) is 2.32. The standard InChI is InChI=1S/C11H16N2O2/c1-8-5-3-4-6-10(8)13(2)11(15)9(12)7-14/h3-6,9,14H,7,12H2,1-2H3. The molecule has 1 aromatic carbocycles. The number of carbonyl (C=O) groups is 1. The maximum atomic E-state index is 11.7. The SMILES string of the molecule is Cc1ccccc1N(C)C(=O)C(N)CO. The van der Waals surface area contributed by atoms with Gasteiger partial charge in [-0.2, -0.15) is 0 Å². The van der Waals surface area contributed by atoms with Gasteiger partial charge >= 0.3 is 0 Å². The smallest absolute Gasteiger partial charge is 0.246 e. The molecule has 0 saturated heterocycles. The summed E-state index contributed by atoms with van der Waals surface area (Å²) in [7, 11) is 1.65. The third kappa shape index (κ3) is 2.55. The Hall–Kier alpha value is -1.39. The molecule has 0 bridgehead atoms. The van der Waals surface area contributed by atoms with Gasteiger partial charge in [0, 0.05) is 12.7 Å². The number of aliphatic hydroxyl groups is 1. The zero-order valence-electron chi connectivity index (χ0n) is 8.97. The first-order chi connectivity index (χ1) is 7.07. The number of likely N-dealkylation sites (N-methyl/N-ethyl adjacent to an activating group) is 1. The first kappa shape index (κ1) is 11.7. The Kier molecular flexibility index (Phi) is 3.82. The van der Waals surface area contributed by atoms with Gasteiger partial charge in [-0.05, 0) is 18.6 Å². The molecule has 1 rings (SSSR count). The monoisotopic (exact) mass is 208 g/mol. The van der Waals surface area contributed by atoms with Crippen LogP contribution in [0, 0.1) is 6.92 Å². The second-order valence-electron chi connectivity index (χ2n) is 3.47. The van der Waals surface area contributed by atoms with E-state index in [2.05, 4.69) is 0 Å². The molecule has 1 atom stereocenters. The second-order valence-corrected chi connectivity index (χ2v) is 3.47. The average molecular weight is 208 g/mol. The van der Waals surface area contributed by atoms with E-state index in [1.165, 1.54) is 4.90 Å². The van der Waals surface area contributed by atoms with Crippen molar-refractivity contribution in [3.05, 3.63) is 29.8 Å². The van der Waals surface area contributed by atoms with E-state index in [1.54, 1.807) is 7.05 Å². The largest absolute Gasteiger partial charge is 0.394 e. The summed E-state index contributed by atoms with van der Waals surface area (Å²) in [6, 6.07) is 6.68. The Morgan fingerprint density at radius 2 is 2.13 bits per heavy atom. The predicted octanol–water partition coefficient (Wildman–Crippen LogP) is 0.277. The van der Waals surface area contributed by atoms with Crippen molar-refractivity contribution in [3.8, 4) is 0 Å². The fraction of sp³-hybridized carbons (Fsp3) is 0.364. The van der Waals surface area contributed by atoms with E-state index < -0.39 is 6.04 Å². The Bertz CT molecular complexity index is 352. The number of hydrogen-bond acceptors (Lipinski definition) is 3. The molecular formula is C11H16N2O2. The average Bonchev–Trinajstić information content (AvgIpc) is 2.26. The number of nitrogens with two attached hydrogens (primary N) is 1. The number of aryl methyl sites for hydroxylation is 1. The number of benzene rings is 1. The quantitative estimate of drug-likeness (QED) is 0.749. The van der Waals surface area contributed by atoms with Gasteiger partial charge in [-0.3, -0.25) is 4.79 Å². The van der Waals surface area contributed by atoms with Crippen LogP contribution in [-0.4, -0.2) is 30.7 Å². The summed E-state index contributed by atoms with van der Waals surface area (Å²) in [5.74, 6) is -0.285. The van der Waals surface area contributed by atoms with Gasteiger partial charge in [0.25, 0.3) is 0 Å². The second kappa shape index (κ2) is 4.91. The molecule has 1 aromatic rings. The Morgan fingerprint density at radius 3 is 2.67 bits per heavy atom. The van der Waals surface area contributed by atoms with Gasteiger partial charge in [0.1, 0.15) is 6.04 Å². The molecule has 4 heteroatoms. The highest BCUT2D eigenvalue weighted by Crippen LogP contribution is 2.18. The van der Waals surface area contributed by atoms with Crippen LogP contribution in [0.15, 0.2) is 24.3 Å². The van der Waals surface area contributed by atoms with E-state index in [1.807, 2.05) is 31.2 Å². The van der Waals surface area contributed by atoms with Crippen molar-refractivity contribution in [1.29, 1.82) is 0 Å². The highest BCUT2D eigenvalue weighted by molar-refractivity contribution is 5.97. The zero-order valence-corrected chi connectivity index (χ0v) is 8.97.